The number of benzene rings is 1. The Morgan fingerprint density at radius 3 is 2.79 bits per heavy atom. The van der Waals surface area contributed by atoms with Gasteiger partial charge in [-0.25, -0.2) is 5.10 Å². The molecule has 0 radical (unpaired) electrons. The first-order valence-electron chi connectivity index (χ1n) is 6.19. The lowest BCUT2D eigenvalue weighted by Gasteiger charge is -2.06. The number of rotatable bonds is 6. The number of aromatic amines is 1. The molecular formula is C13H16N4O2. The Hall–Kier alpha value is -2.37. The van der Waals surface area contributed by atoms with E-state index in [4.69, 9.17) is 4.74 Å². The van der Waals surface area contributed by atoms with E-state index in [-0.39, 0.29) is 5.91 Å². The van der Waals surface area contributed by atoms with E-state index in [1.54, 1.807) is 24.3 Å². The monoisotopic (exact) mass is 260 g/mol. The van der Waals surface area contributed by atoms with E-state index in [9.17, 15) is 4.79 Å². The minimum atomic E-state index is -0.239. The Labute approximate surface area is 111 Å². The summed E-state index contributed by atoms with van der Waals surface area (Å²) < 4.78 is 5.53. The van der Waals surface area contributed by atoms with Crippen LogP contribution in [0.3, 0.4) is 0 Å². The van der Waals surface area contributed by atoms with Gasteiger partial charge >= 0.3 is 0 Å². The summed E-state index contributed by atoms with van der Waals surface area (Å²) in [4.78, 5) is 15.7. The Kier molecular flexibility index (Phi) is 4.49. The lowest BCUT2D eigenvalue weighted by molar-refractivity contribution is 0.102. The van der Waals surface area contributed by atoms with Crippen LogP contribution in [-0.4, -0.2) is 27.7 Å². The fourth-order valence-electron chi connectivity index (χ4n) is 1.48. The zero-order valence-electron chi connectivity index (χ0n) is 10.7. The summed E-state index contributed by atoms with van der Waals surface area (Å²) in [5.74, 6) is 0.856. The van der Waals surface area contributed by atoms with E-state index >= 15 is 0 Å². The predicted molar refractivity (Wildman–Crippen MR) is 71.2 cm³/mol. The van der Waals surface area contributed by atoms with Crippen LogP contribution in [0.5, 0.6) is 5.75 Å². The fraction of sp³-hybridized carbons (Fsp3) is 0.308. The Morgan fingerprint density at radius 1 is 1.37 bits per heavy atom. The van der Waals surface area contributed by atoms with E-state index in [2.05, 4.69) is 27.4 Å². The largest absolute Gasteiger partial charge is 0.494 e. The van der Waals surface area contributed by atoms with Gasteiger partial charge in [-0.3, -0.25) is 10.1 Å². The van der Waals surface area contributed by atoms with Gasteiger partial charge < -0.3 is 4.74 Å². The number of carbonyl (C=O) groups excluding carboxylic acids is 1. The molecule has 1 aromatic heterocycles. The Morgan fingerprint density at radius 2 is 2.16 bits per heavy atom. The first-order chi connectivity index (χ1) is 9.29. The molecule has 2 aromatic rings. The van der Waals surface area contributed by atoms with Crippen LogP contribution in [0.2, 0.25) is 0 Å². The van der Waals surface area contributed by atoms with Crippen LogP contribution >= 0.6 is 0 Å². The number of aromatic nitrogens is 3. The smallest absolute Gasteiger partial charge is 0.258 e. The van der Waals surface area contributed by atoms with Crippen molar-refractivity contribution in [2.45, 2.75) is 19.8 Å². The number of carbonyl (C=O) groups is 1. The standard InChI is InChI=1S/C13H16N4O2/c1-2-3-8-19-11-6-4-10(5-7-11)12(18)16-13-14-9-15-17-13/h4-7,9H,2-3,8H2,1H3,(H2,14,15,16,17,18). The number of hydrogen-bond donors (Lipinski definition) is 2. The van der Waals surface area contributed by atoms with Gasteiger partial charge in [0.2, 0.25) is 5.95 Å². The average Bonchev–Trinajstić information content (AvgIpc) is 2.93. The van der Waals surface area contributed by atoms with Gasteiger partial charge in [-0.2, -0.15) is 10.1 Å². The van der Waals surface area contributed by atoms with E-state index in [0.717, 1.165) is 18.6 Å². The van der Waals surface area contributed by atoms with Gasteiger partial charge in [-0.15, -0.1) is 0 Å². The molecule has 0 spiro atoms. The molecule has 2 rings (SSSR count). The van der Waals surface area contributed by atoms with E-state index < -0.39 is 0 Å². The summed E-state index contributed by atoms with van der Waals surface area (Å²) >= 11 is 0. The van der Waals surface area contributed by atoms with Crippen molar-refractivity contribution in [1.82, 2.24) is 15.2 Å². The van der Waals surface area contributed by atoms with Crippen molar-refractivity contribution in [3.63, 3.8) is 0 Å². The van der Waals surface area contributed by atoms with Crippen molar-refractivity contribution in [2.24, 2.45) is 0 Å². The zero-order valence-corrected chi connectivity index (χ0v) is 10.7. The number of amides is 1. The molecule has 0 bridgehead atoms. The number of hydrogen-bond acceptors (Lipinski definition) is 4. The quantitative estimate of drug-likeness (QED) is 0.780. The van der Waals surface area contributed by atoms with Crippen molar-refractivity contribution < 1.29 is 9.53 Å². The summed E-state index contributed by atoms with van der Waals surface area (Å²) in [6.07, 6.45) is 3.45. The Balaban J connectivity index is 1.92. The third kappa shape index (κ3) is 3.80. The lowest BCUT2D eigenvalue weighted by Crippen LogP contribution is -2.12. The van der Waals surface area contributed by atoms with Crippen LogP contribution < -0.4 is 10.1 Å². The molecule has 100 valence electrons. The zero-order chi connectivity index (χ0) is 13.5. The second-order valence-corrected chi connectivity index (χ2v) is 4.01. The highest BCUT2D eigenvalue weighted by Crippen LogP contribution is 2.13. The number of nitrogens with one attached hydrogen (secondary N) is 2. The van der Waals surface area contributed by atoms with Crippen LogP contribution in [0.25, 0.3) is 0 Å². The predicted octanol–water partition coefficient (Wildman–Crippen LogP) is 2.24. The summed E-state index contributed by atoms with van der Waals surface area (Å²) in [5.41, 5.74) is 0.541. The highest BCUT2D eigenvalue weighted by molar-refractivity contribution is 6.03. The van der Waals surface area contributed by atoms with E-state index in [1.165, 1.54) is 6.33 Å². The van der Waals surface area contributed by atoms with Crippen LogP contribution in [0.1, 0.15) is 30.1 Å². The maximum Gasteiger partial charge on any atom is 0.258 e. The van der Waals surface area contributed by atoms with Crippen LogP contribution in [0.4, 0.5) is 5.95 Å². The Bertz CT molecular complexity index is 508. The van der Waals surface area contributed by atoms with Crippen molar-refractivity contribution in [1.29, 1.82) is 0 Å². The van der Waals surface area contributed by atoms with Gasteiger partial charge in [0.25, 0.3) is 5.91 Å². The molecule has 0 aliphatic heterocycles. The van der Waals surface area contributed by atoms with Crippen LogP contribution in [-0.2, 0) is 0 Å². The molecule has 0 unspecified atom stereocenters. The molecule has 1 amide bonds. The molecule has 2 N–H and O–H groups in total. The van der Waals surface area contributed by atoms with Gasteiger partial charge in [0.15, 0.2) is 0 Å². The molecule has 6 heteroatoms. The molecule has 6 nitrogen and oxygen atoms in total. The maximum atomic E-state index is 11.8. The minimum absolute atomic E-state index is 0.239. The van der Waals surface area contributed by atoms with Crippen molar-refractivity contribution >= 4 is 11.9 Å². The molecule has 0 aliphatic rings. The second-order valence-electron chi connectivity index (χ2n) is 4.01. The van der Waals surface area contributed by atoms with Gasteiger partial charge in [-0.1, -0.05) is 13.3 Å². The normalized spacial score (nSPS) is 10.2. The fourth-order valence-corrected chi connectivity index (χ4v) is 1.48. The maximum absolute atomic E-state index is 11.8. The minimum Gasteiger partial charge on any atom is -0.494 e. The molecule has 1 heterocycles. The molecule has 1 aromatic carbocycles. The van der Waals surface area contributed by atoms with Gasteiger partial charge in [0.05, 0.1) is 6.61 Å². The highest BCUT2D eigenvalue weighted by atomic mass is 16.5. The number of nitrogens with zero attached hydrogens (tertiary/aromatic N) is 2. The molecule has 0 saturated carbocycles. The number of H-pyrrole nitrogens is 1. The van der Waals surface area contributed by atoms with Gasteiger partial charge in [-0.05, 0) is 30.7 Å². The first-order valence-corrected chi connectivity index (χ1v) is 6.19. The van der Waals surface area contributed by atoms with E-state index in [1.807, 2.05) is 0 Å². The summed E-state index contributed by atoms with van der Waals surface area (Å²) in [5, 5.41) is 8.82. The average molecular weight is 260 g/mol. The molecule has 0 atom stereocenters. The summed E-state index contributed by atoms with van der Waals surface area (Å²) in [6, 6.07) is 7.00. The topological polar surface area (TPSA) is 79.9 Å². The van der Waals surface area contributed by atoms with Crippen molar-refractivity contribution in [3.8, 4) is 5.75 Å². The third-order valence-electron chi connectivity index (χ3n) is 2.53. The van der Waals surface area contributed by atoms with Crippen molar-refractivity contribution in [3.05, 3.63) is 36.2 Å². The molecule has 0 saturated heterocycles. The van der Waals surface area contributed by atoms with Gasteiger partial charge in [0.1, 0.15) is 12.1 Å². The molecule has 0 fully saturated rings. The highest BCUT2D eigenvalue weighted by Gasteiger charge is 2.07. The lowest BCUT2D eigenvalue weighted by atomic mass is 10.2. The van der Waals surface area contributed by atoms with Gasteiger partial charge in [0, 0.05) is 5.56 Å². The molecular weight excluding hydrogens is 244 g/mol. The third-order valence-corrected chi connectivity index (χ3v) is 2.53. The van der Waals surface area contributed by atoms with Crippen LogP contribution in [0, 0.1) is 0 Å². The molecule has 0 aliphatic carbocycles. The number of ether oxygens (including phenoxy) is 1. The molecule has 19 heavy (non-hydrogen) atoms. The summed E-state index contributed by atoms with van der Waals surface area (Å²) in [7, 11) is 0. The van der Waals surface area contributed by atoms with E-state index in [0.29, 0.717) is 18.1 Å². The number of unbranched alkanes of at least 4 members (excludes halogenated alkanes) is 1. The number of anilines is 1. The summed E-state index contributed by atoms with van der Waals surface area (Å²) in [6.45, 7) is 2.81. The second kappa shape index (κ2) is 6.53. The first kappa shape index (κ1) is 13.1. The van der Waals surface area contributed by atoms with Crippen molar-refractivity contribution in [2.75, 3.05) is 11.9 Å². The van der Waals surface area contributed by atoms with Crippen LogP contribution in [0.15, 0.2) is 30.6 Å². The SMILES string of the molecule is CCCCOc1ccc(C(=O)Nc2ncn[nH]2)cc1.